The van der Waals surface area contributed by atoms with Crippen LogP contribution >= 0.6 is 11.3 Å². The molecule has 0 bridgehead atoms. The third-order valence-electron chi connectivity index (χ3n) is 3.59. The lowest BCUT2D eigenvalue weighted by Crippen LogP contribution is -2.50. The highest BCUT2D eigenvalue weighted by Gasteiger charge is 2.23. The molecule has 18 heavy (non-hydrogen) atoms. The van der Waals surface area contributed by atoms with Crippen LogP contribution in [0.1, 0.15) is 24.8 Å². The molecule has 1 aliphatic heterocycles. The molecule has 0 radical (unpaired) electrons. The van der Waals surface area contributed by atoms with Gasteiger partial charge in [-0.1, -0.05) is 18.3 Å². The fourth-order valence-corrected chi connectivity index (χ4v) is 3.27. The molecule has 0 spiro atoms. The van der Waals surface area contributed by atoms with Crippen molar-refractivity contribution in [3.63, 3.8) is 0 Å². The van der Waals surface area contributed by atoms with E-state index in [0.717, 1.165) is 49.3 Å². The number of aromatic nitrogens is 2. The number of hydrogen-bond acceptors (Lipinski definition) is 6. The van der Waals surface area contributed by atoms with Crippen LogP contribution in [-0.2, 0) is 0 Å². The molecule has 0 saturated carbocycles. The molecule has 2 N–H and O–H groups in total. The van der Waals surface area contributed by atoms with Crippen LogP contribution in [0.5, 0.6) is 0 Å². The Bertz CT molecular complexity index is 359. The average Bonchev–Trinajstić information content (AvgIpc) is 2.83. The zero-order chi connectivity index (χ0) is 13.0. The SMILES string of the molecule is CCC(CCN)N1CCN(c2nnc(C)s2)CC1. The minimum atomic E-state index is 0.647. The molecule has 1 saturated heterocycles. The Hall–Kier alpha value is -0.720. The van der Waals surface area contributed by atoms with Crippen molar-refractivity contribution in [2.75, 3.05) is 37.6 Å². The lowest BCUT2D eigenvalue weighted by atomic mass is 10.1. The van der Waals surface area contributed by atoms with E-state index in [4.69, 9.17) is 5.73 Å². The molecule has 102 valence electrons. The van der Waals surface area contributed by atoms with E-state index < -0.39 is 0 Å². The third kappa shape index (κ3) is 3.18. The summed E-state index contributed by atoms with van der Waals surface area (Å²) in [5.74, 6) is 0. The Balaban J connectivity index is 1.87. The molecule has 0 aromatic carbocycles. The van der Waals surface area contributed by atoms with E-state index in [0.29, 0.717) is 6.04 Å². The fraction of sp³-hybridized carbons (Fsp3) is 0.833. The van der Waals surface area contributed by atoms with E-state index in [2.05, 4.69) is 26.9 Å². The second-order valence-corrected chi connectivity index (χ2v) is 5.93. The molecule has 0 aliphatic carbocycles. The minimum Gasteiger partial charge on any atom is -0.344 e. The van der Waals surface area contributed by atoms with Gasteiger partial charge in [0.05, 0.1) is 0 Å². The van der Waals surface area contributed by atoms with Gasteiger partial charge in [0.15, 0.2) is 0 Å². The van der Waals surface area contributed by atoms with E-state index in [9.17, 15) is 0 Å². The standard InChI is InChI=1S/C12H23N5S/c1-3-11(4-5-13)16-6-8-17(9-7-16)12-15-14-10(2)18-12/h11H,3-9,13H2,1-2H3. The maximum atomic E-state index is 5.68. The molecule has 1 aromatic heterocycles. The van der Waals surface area contributed by atoms with Crippen molar-refractivity contribution in [2.45, 2.75) is 32.7 Å². The highest BCUT2D eigenvalue weighted by atomic mass is 32.1. The molecule has 6 heteroatoms. The lowest BCUT2D eigenvalue weighted by molar-refractivity contribution is 0.173. The van der Waals surface area contributed by atoms with Crippen molar-refractivity contribution in [1.82, 2.24) is 15.1 Å². The summed E-state index contributed by atoms with van der Waals surface area (Å²) in [5, 5.41) is 10.4. The Kier molecular flexibility index (Phi) is 4.91. The topological polar surface area (TPSA) is 58.3 Å². The summed E-state index contributed by atoms with van der Waals surface area (Å²) in [6.45, 7) is 9.36. The van der Waals surface area contributed by atoms with Crippen LogP contribution < -0.4 is 10.6 Å². The molecular weight excluding hydrogens is 246 g/mol. The number of rotatable bonds is 5. The predicted octanol–water partition coefficient (Wildman–Crippen LogP) is 1.10. The van der Waals surface area contributed by atoms with Gasteiger partial charge >= 0.3 is 0 Å². The molecule has 5 nitrogen and oxygen atoms in total. The second-order valence-electron chi connectivity index (χ2n) is 4.77. The summed E-state index contributed by atoms with van der Waals surface area (Å²) in [4.78, 5) is 4.91. The first kappa shape index (κ1) is 13.7. The van der Waals surface area contributed by atoms with Gasteiger partial charge in [0.1, 0.15) is 5.01 Å². The van der Waals surface area contributed by atoms with Crippen LogP contribution in [0.2, 0.25) is 0 Å². The van der Waals surface area contributed by atoms with E-state index in [1.165, 1.54) is 6.42 Å². The van der Waals surface area contributed by atoms with E-state index in [1.807, 2.05) is 6.92 Å². The van der Waals surface area contributed by atoms with Crippen LogP contribution in [0.25, 0.3) is 0 Å². The second kappa shape index (κ2) is 6.45. The Morgan fingerprint density at radius 2 is 2.00 bits per heavy atom. The molecular formula is C12H23N5S. The van der Waals surface area contributed by atoms with Crippen LogP contribution in [0, 0.1) is 6.92 Å². The molecule has 1 fully saturated rings. The number of anilines is 1. The number of nitrogens with two attached hydrogens (primary N) is 1. The largest absolute Gasteiger partial charge is 0.344 e. The molecule has 1 unspecified atom stereocenters. The van der Waals surface area contributed by atoms with Crippen molar-refractivity contribution in [3.8, 4) is 0 Å². The van der Waals surface area contributed by atoms with Gasteiger partial charge in [-0.05, 0) is 26.3 Å². The highest BCUT2D eigenvalue weighted by Crippen LogP contribution is 2.22. The first-order chi connectivity index (χ1) is 8.74. The highest BCUT2D eigenvalue weighted by molar-refractivity contribution is 7.15. The Labute approximate surface area is 113 Å². The molecule has 1 aromatic rings. The monoisotopic (exact) mass is 269 g/mol. The van der Waals surface area contributed by atoms with Gasteiger partial charge in [-0.2, -0.15) is 0 Å². The van der Waals surface area contributed by atoms with Crippen LogP contribution in [0.4, 0.5) is 5.13 Å². The summed E-state index contributed by atoms with van der Waals surface area (Å²) in [5.41, 5.74) is 5.68. The first-order valence-corrected chi connectivity index (χ1v) is 7.55. The maximum absolute atomic E-state index is 5.68. The summed E-state index contributed by atoms with van der Waals surface area (Å²) in [7, 11) is 0. The average molecular weight is 269 g/mol. The fourth-order valence-electron chi connectivity index (χ4n) is 2.53. The number of nitrogens with zero attached hydrogens (tertiary/aromatic N) is 4. The zero-order valence-electron chi connectivity index (χ0n) is 11.3. The molecule has 2 heterocycles. The van der Waals surface area contributed by atoms with Crippen molar-refractivity contribution < 1.29 is 0 Å². The number of aryl methyl sites for hydroxylation is 1. The van der Waals surface area contributed by atoms with Gasteiger partial charge in [0.2, 0.25) is 5.13 Å². The van der Waals surface area contributed by atoms with Gasteiger partial charge in [-0.3, -0.25) is 4.90 Å². The first-order valence-electron chi connectivity index (χ1n) is 6.73. The normalized spacial score (nSPS) is 19.2. The van der Waals surface area contributed by atoms with Crippen LogP contribution in [-0.4, -0.2) is 53.9 Å². The summed E-state index contributed by atoms with van der Waals surface area (Å²) < 4.78 is 0. The van der Waals surface area contributed by atoms with E-state index in [1.54, 1.807) is 11.3 Å². The molecule has 0 amide bonds. The third-order valence-corrected chi connectivity index (χ3v) is 4.49. The van der Waals surface area contributed by atoms with Gasteiger partial charge in [0, 0.05) is 32.2 Å². The summed E-state index contributed by atoms with van der Waals surface area (Å²) >= 11 is 1.69. The summed E-state index contributed by atoms with van der Waals surface area (Å²) in [6.07, 6.45) is 2.30. The van der Waals surface area contributed by atoms with Gasteiger partial charge in [-0.25, -0.2) is 0 Å². The smallest absolute Gasteiger partial charge is 0.208 e. The Morgan fingerprint density at radius 1 is 1.28 bits per heavy atom. The van der Waals surface area contributed by atoms with Crippen molar-refractivity contribution in [2.24, 2.45) is 5.73 Å². The van der Waals surface area contributed by atoms with Gasteiger partial charge in [0.25, 0.3) is 0 Å². The van der Waals surface area contributed by atoms with E-state index in [-0.39, 0.29) is 0 Å². The molecule has 1 aliphatic rings. The predicted molar refractivity (Wildman–Crippen MR) is 76.2 cm³/mol. The quantitative estimate of drug-likeness (QED) is 0.867. The van der Waals surface area contributed by atoms with E-state index >= 15 is 0 Å². The van der Waals surface area contributed by atoms with Gasteiger partial charge in [-0.15, -0.1) is 10.2 Å². The van der Waals surface area contributed by atoms with Crippen LogP contribution in [0.3, 0.4) is 0 Å². The minimum absolute atomic E-state index is 0.647. The number of piperazine rings is 1. The van der Waals surface area contributed by atoms with Crippen molar-refractivity contribution in [1.29, 1.82) is 0 Å². The van der Waals surface area contributed by atoms with Gasteiger partial charge < -0.3 is 10.6 Å². The Morgan fingerprint density at radius 3 is 2.50 bits per heavy atom. The van der Waals surface area contributed by atoms with Crippen molar-refractivity contribution >= 4 is 16.5 Å². The van der Waals surface area contributed by atoms with Crippen LogP contribution in [0.15, 0.2) is 0 Å². The lowest BCUT2D eigenvalue weighted by Gasteiger charge is -2.38. The maximum Gasteiger partial charge on any atom is 0.208 e. The summed E-state index contributed by atoms with van der Waals surface area (Å²) in [6, 6.07) is 0.647. The number of hydrogen-bond donors (Lipinski definition) is 1. The van der Waals surface area contributed by atoms with Crippen molar-refractivity contribution in [3.05, 3.63) is 5.01 Å². The zero-order valence-corrected chi connectivity index (χ0v) is 12.1. The molecule has 1 atom stereocenters. The molecule has 2 rings (SSSR count).